The average molecular weight is 471 g/mol. The van der Waals surface area contributed by atoms with Gasteiger partial charge in [-0.25, -0.2) is 0 Å². The second-order valence-corrected chi connectivity index (χ2v) is 10.4. The zero-order valence-electron chi connectivity index (χ0n) is 22.8. The second kappa shape index (κ2) is 14.3. The Morgan fingerprint density at radius 1 is 1.03 bits per heavy atom. The normalized spacial score (nSPS) is 16.9. The molecule has 0 aromatic heterocycles. The van der Waals surface area contributed by atoms with Crippen molar-refractivity contribution in [2.75, 3.05) is 0 Å². The van der Waals surface area contributed by atoms with Crippen LogP contribution in [-0.2, 0) is 16.0 Å². The molecule has 1 aliphatic carbocycles. The number of ketones is 4. The molecule has 0 fully saturated rings. The van der Waals surface area contributed by atoms with Gasteiger partial charge in [-0.3, -0.25) is 19.2 Å². The molecule has 3 atom stereocenters. The first-order valence-corrected chi connectivity index (χ1v) is 13.2. The fourth-order valence-electron chi connectivity index (χ4n) is 5.28. The molecule has 0 amide bonds. The number of Topliss-reactive ketones (excluding diaryl/α,β-unsaturated/α-hetero) is 4. The van der Waals surface area contributed by atoms with Crippen LogP contribution in [0.1, 0.15) is 125 Å². The second-order valence-electron chi connectivity index (χ2n) is 10.4. The van der Waals surface area contributed by atoms with Crippen molar-refractivity contribution in [3.8, 4) is 0 Å². The Balaban J connectivity index is 0.00000182. The summed E-state index contributed by atoms with van der Waals surface area (Å²) >= 11 is 0. The van der Waals surface area contributed by atoms with E-state index in [2.05, 4.69) is 20.8 Å². The number of carbonyl (C=O) groups excluding carboxylic acids is 4. The minimum Gasteiger partial charge on any atom is -0.300 e. The predicted octanol–water partition coefficient (Wildman–Crippen LogP) is 7.38. The highest BCUT2D eigenvalue weighted by Crippen LogP contribution is 2.38. The highest BCUT2D eigenvalue weighted by molar-refractivity contribution is 6.06. The summed E-state index contributed by atoms with van der Waals surface area (Å²) in [6.07, 6.45) is 5.78. The number of benzene rings is 1. The zero-order valence-corrected chi connectivity index (χ0v) is 22.8. The van der Waals surface area contributed by atoms with Crippen LogP contribution in [0.4, 0.5) is 0 Å². The third kappa shape index (κ3) is 7.99. The molecular weight excluding hydrogens is 424 g/mol. The Labute approximate surface area is 207 Å². The van der Waals surface area contributed by atoms with Crippen LogP contribution in [0.25, 0.3) is 0 Å². The lowest BCUT2D eigenvalue weighted by molar-refractivity contribution is -0.129. The SMILES string of the molecule is CCC.CCCC(CC1CC(=O)c2c(C)ccc(C(=O)C(C)C)c2C1)C(CC)C(=O)CC(C)=O. The first-order chi connectivity index (χ1) is 16.0. The third-order valence-electron chi connectivity index (χ3n) is 6.70. The van der Waals surface area contributed by atoms with Gasteiger partial charge in [0.05, 0.1) is 6.42 Å². The summed E-state index contributed by atoms with van der Waals surface area (Å²) in [6, 6.07) is 3.76. The fraction of sp³-hybridized carbons (Fsp3) is 0.667. The monoisotopic (exact) mass is 470 g/mol. The van der Waals surface area contributed by atoms with Crippen LogP contribution in [0.15, 0.2) is 12.1 Å². The summed E-state index contributed by atoms with van der Waals surface area (Å²) in [5.74, 6) is 0.151. The van der Waals surface area contributed by atoms with Crippen molar-refractivity contribution in [1.29, 1.82) is 0 Å². The summed E-state index contributed by atoms with van der Waals surface area (Å²) in [6.45, 7) is 15.6. The quantitative estimate of drug-likeness (QED) is 0.250. The van der Waals surface area contributed by atoms with E-state index in [0.717, 1.165) is 36.0 Å². The summed E-state index contributed by atoms with van der Waals surface area (Å²) in [5, 5.41) is 0. The van der Waals surface area contributed by atoms with Gasteiger partial charge < -0.3 is 0 Å². The Bertz CT molecular complexity index is 865. The van der Waals surface area contributed by atoms with E-state index in [1.807, 2.05) is 39.8 Å². The Morgan fingerprint density at radius 2 is 1.65 bits per heavy atom. The molecule has 4 nitrogen and oxygen atoms in total. The molecule has 0 bridgehead atoms. The van der Waals surface area contributed by atoms with E-state index in [4.69, 9.17) is 0 Å². The van der Waals surface area contributed by atoms with Crippen molar-refractivity contribution in [1.82, 2.24) is 0 Å². The molecule has 34 heavy (non-hydrogen) atoms. The molecule has 0 radical (unpaired) electrons. The number of carbonyl (C=O) groups is 4. The first-order valence-electron chi connectivity index (χ1n) is 13.2. The summed E-state index contributed by atoms with van der Waals surface area (Å²) in [5.41, 5.74) is 3.25. The van der Waals surface area contributed by atoms with E-state index < -0.39 is 0 Å². The molecular formula is C30H46O4. The molecule has 3 unspecified atom stereocenters. The number of aryl methyl sites for hydroxylation is 1. The number of fused-ring (bicyclic) bond motifs is 1. The molecule has 2 rings (SSSR count). The lowest BCUT2D eigenvalue weighted by Gasteiger charge is -2.32. The fourth-order valence-corrected chi connectivity index (χ4v) is 5.28. The molecule has 1 aliphatic rings. The van der Waals surface area contributed by atoms with Gasteiger partial charge in [0.2, 0.25) is 0 Å². The molecule has 0 saturated carbocycles. The lowest BCUT2D eigenvalue weighted by Crippen LogP contribution is -2.30. The van der Waals surface area contributed by atoms with Gasteiger partial charge in [0.15, 0.2) is 11.6 Å². The van der Waals surface area contributed by atoms with E-state index in [1.165, 1.54) is 13.3 Å². The van der Waals surface area contributed by atoms with E-state index >= 15 is 0 Å². The van der Waals surface area contributed by atoms with E-state index in [1.54, 1.807) is 0 Å². The highest BCUT2D eigenvalue weighted by atomic mass is 16.1. The van der Waals surface area contributed by atoms with E-state index in [-0.39, 0.29) is 53.2 Å². The summed E-state index contributed by atoms with van der Waals surface area (Å²) in [4.78, 5) is 50.2. The molecule has 0 saturated heterocycles. The van der Waals surface area contributed by atoms with Gasteiger partial charge in [-0.15, -0.1) is 0 Å². The van der Waals surface area contributed by atoms with Gasteiger partial charge in [-0.2, -0.15) is 0 Å². The summed E-state index contributed by atoms with van der Waals surface area (Å²) < 4.78 is 0. The largest absolute Gasteiger partial charge is 0.300 e. The third-order valence-corrected chi connectivity index (χ3v) is 6.70. The maximum atomic E-state index is 13.1. The molecule has 1 aromatic carbocycles. The maximum Gasteiger partial charge on any atom is 0.165 e. The van der Waals surface area contributed by atoms with Crippen molar-refractivity contribution in [3.63, 3.8) is 0 Å². The van der Waals surface area contributed by atoms with Gasteiger partial charge in [0.25, 0.3) is 0 Å². The Kier molecular flexibility index (Phi) is 12.6. The standard InChI is InChI=1S/C27H38O4.C3H8/c1-7-9-20(21(8-2)24(29)12-18(6)28)13-19-14-23-22(27(31)16(3)4)11-10-17(5)26(23)25(30)15-19;1-3-2/h10-11,16,19-21H,7-9,12-15H2,1-6H3;3H2,1-2H3. The molecule has 0 N–H and O–H groups in total. The van der Waals surface area contributed by atoms with Crippen LogP contribution in [0.5, 0.6) is 0 Å². The minimum absolute atomic E-state index is 0.00259. The molecule has 1 aromatic rings. The van der Waals surface area contributed by atoms with Gasteiger partial charge in [0, 0.05) is 29.4 Å². The van der Waals surface area contributed by atoms with Crippen LogP contribution in [0.2, 0.25) is 0 Å². The van der Waals surface area contributed by atoms with Crippen molar-refractivity contribution in [2.24, 2.45) is 23.7 Å². The molecule has 0 aliphatic heterocycles. The van der Waals surface area contributed by atoms with Crippen molar-refractivity contribution in [2.45, 2.75) is 107 Å². The van der Waals surface area contributed by atoms with Crippen LogP contribution in [0, 0.1) is 30.6 Å². The van der Waals surface area contributed by atoms with E-state index in [0.29, 0.717) is 24.8 Å². The Morgan fingerprint density at radius 3 is 2.15 bits per heavy atom. The topological polar surface area (TPSA) is 68.3 Å². The molecule has 190 valence electrons. The summed E-state index contributed by atoms with van der Waals surface area (Å²) in [7, 11) is 0. The number of rotatable bonds is 11. The van der Waals surface area contributed by atoms with Crippen LogP contribution < -0.4 is 0 Å². The van der Waals surface area contributed by atoms with Crippen LogP contribution in [-0.4, -0.2) is 23.1 Å². The van der Waals surface area contributed by atoms with E-state index in [9.17, 15) is 19.2 Å². The van der Waals surface area contributed by atoms with Gasteiger partial charge in [-0.1, -0.05) is 72.9 Å². The smallest absolute Gasteiger partial charge is 0.165 e. The molecule has 4 heteroatoms. The van der Waals surface area contributed by atoms with Gasteiger partial charge in [0.1, 0.15) is 11.6 Å². The molecule has 0 spiro atoms. The van der Waals surface area contributed by atoms with Gasteiger partial charge in [-0.05, 0) is 56.1 Å². The maximum absolute atomic E-state index is 13.1. The van der Waals surface area contributed by atoms with Crippen molar-refractivity contribution >= 4 is 23.1 Å². The minimum atomic E-state index is -0.144. The van der Waals surface area contributed by atoms with Gasteiger partial charge >= 0.3 is 0 Å². The van der Waals surface area contributed by atoms with Crippen LogP contribution in [0.3, 0.4) is 0 Å². The first kappa shape index (κ1) is 29.9. The Hall–Kier alpha value is -2.10. The lowest BCUT2D eigenvalue weighted by atomic mass is 9.71. The highest BCUT2D eigenvalue weighted by Gasteiger charge is 2.34. The van der Waals surface area contributed by atoms with Crippen LogP contribution >= 0.6 is 0 Å². The predicted molar refractivity (Wildman–Crippen MR) is 140 cm³/mol. The number of hydrogen-bond donors (Lipinski definition) is 0. The average Bonchev–Trinajstić information content (AvgIpc) is 2.74. The molecule has 0 heterocycles. The van der Waals surface area contributed by atoms with Crippen molar-refractivity contribution < 1.29 is 19.2 Å². The van der Waals surface area contributed by atoms with Crippen molar-refractivity contribution in [3.05, 3.63) is 34.4 Å². The zero-order chi connectivity index (χ0) is 26.0. The number of hydrogen-bond acceptors (Lipinski definition) is 4.